The molecular weight excluding hydrogens is 394 g/mol. The largest absolute Gasteiger partial charge is 0.352 e. The van der Waals surface area contributed by atoms with Gasteiger partial charge in [-0.15, -0.1) is 0 Å². The van der Waals surface area contributed by atoms with E-state index < -0.39 is 11.6 Å². The maximum atomic E-state index is 13.8. The van der Waals surface area contributed by atoms with Crippen LogP contribution in [0.1, 0.15) is 42.9 Å². The van der Waals surface area contributed by atoms with Crippen LogP contribution in [0.4, 0.5) is 8.78 Å². The molecule has 1 aliphatic rings. The Labute approximate surface area is 182 Å². The standard InChI is InChI=1S/C27H26F2O2/c1-2-3-22-17-30-26(31-18-22)15-11-20-6-4-19(5-7-20)8-9-21-10-13-24-23(16-21)12-14-25(28)27(24)29/h4-7,10,12-14,16,22,26H,2-3,11,15,17-18H2,1H3. The first kappa shape index (κ1) is 21.5. The van der Waals surface area contributed by atoms with Gasteiger partial charge in [0.25, 0.3) is 0 Å². The molecule has 3 aromatic carbocycles. The average Bonchev–Trinajstić information content (AvgIpc) is 2.80. The maximum Gasteiger partial charge on any atom is 0.166 e. The number of rotatable bonds is 5. The van der Waals surface area contributed by atoms with E-state index in [9.17, 15) is 8.78 Å². The zero-order chi connectivity index (χ0) is 21.6. The van der Waals surface area contributed by atoms with E-state index in [-0.39, 0.29) is 11.7 Å². The highest BCUT2D eigenvalue weighted by molar-refractivity contribution is 5.84. The van der Waals surface area contributed by atoms with E-state index in [2.05, 4.69) is 30.9 Å². The molecule has 160 valence electrons. The van der Waals surface area contributed by atoms with Gasteiger partial charge in [0.15, 0.2) is 17.9 Å². The van der Waals surface area contributed by atoms with Crippen molar-refractivity contribution in [2.45, 2.75) is 38.9 Å². The SMILES string of the molecule is CCCC1COC(CCc2ccc(C#Cc3ccc4c(F)c(F)ccc4c3)cc2)OC1. The molecular formula is C27H26F2O2. The van der Waals surface area contributed by atoms with Gasteiger partial charge in [0.1, 0.15) is 0 Å². The number of ether oxygens (including phenoxy) is 2. The van der Waals surface area contributed by atoms with Crippen molar-refractivity contribution in [1.29, 1.82) is 0 Å². The van der Waals surface area contributed by atoms with Gasteiger partial charge in [0.2, 0.25) is 0 Å². The van der Waals surface area contributed by atoms with Gasteiger partial charge < -0.3 is 9.47 Å². The molecule has 2 nitrogen and oxygen atoms in total. The van der Waals surface area contributed by atoms with Gasteiger partial charge in [-0.1, -0.05) is 49.5 Å². The molecule has 1 aliphatic heterocycles. The molecule has 0 spiro atoms. The molecule has 0 bridgehead atoms. The van der Waals surface area contributed by atoms with E-state index in [0.29, 0.717) is 11.3 Å². The number of benzene rings is 3. The summed E-state index contributed by atoms with van der Waals surface area (Å²) in [6, 6.07) is 15.9. The molecule has 0 aliphatic carbocycles. The molecule has 0 atom stereocenters. The van der Waals surface area contributed by atoms with Crippen LogP contribution in [0.2, 0.25) is 0 Å². The predicted octanol–water partition coefficient (Wildman–Crippen LogP) is 6.24. The van der Waals surface area contributed by atoms with Crippen LogP contribution in [0.15, 0.2) is 54.6 Å². The lowest BCUT2D eigenvalue weighted by Crippen LogP contribution is -2.32. The highest BCUT2D eigenvalue weighted by Crippen LogP contribution is 2.22. The van der Waals surface area contributed by atoms with Gasteiger partial charge in [-0.2, -0.15) is 0 Å². The van der Waals surface area contributed by atoms with Gasteiger partial charge >= 0.3 is 0 Å². The minimum Gasteiger partial charge on any atom is -0.352 e. The normalized spacial score (nSPS) is 18.5. The van der Waals surface area contributed by atoms with Gasteiger partial charge in [-0.25, -0.2) is 8.78 Å². The summed E-state index contributed by atoms with van der Waals surface area (Å²) in [4.78, 5) is 0. The molecule has 0 saturated carbocycles. The van der Waals surface area contributed by atoms with Gasteiger partial charge in [-0.3, -0.25) is 0 Å². The molecule has 0 radical (unpaired) electrons. The molecule has 3 aromatic rings. The lowest BCUT2D eigenvalue weighted by molar-refractivity contribution is -0.203. The second kappa shape index (κ2) is 10.0. The minimum absolute atomic E-state index is 0.112. The second-order valence-corrected chi connectivity index (χ2v) is 8.03. The third kappa shape index (κ3) is 5.50. The monoisotopic (exact) mass is 420 g/mol. The molecule has 0 N–H and O–H groups in total. The molecule has 4 rings (SSSR count). The number of hydrogen-bond acceptors (Lipinski definition) is 2. The maximum absolute atomic E-state index is 13.8. The summed E-state index contributed by atoms with van der Waals surface area (Å²) < 4.78 is 38.8. The van der Waals surface area contributed by atoms with E-state index >= 15 is 0 Å². The van der Waals surface area contributed by atoms with Gasteiger partial charge in [-0.05, 0) is 54.1 Å². The van der Waals surface area contributed by atoms with Crippen molar-refractivity contribution in [3.63, 3.8) is 0 Å². The first-order chi connectivity index (χ1) is 15.1. The van der Waals surface area contributed by atoms with E-state index in [1.807, 2.05) is 12.1 Å². The first-order valence-electron chi connectivity index (χ1n) is 10.8. The summed E-state index contributed by atoms with van der Waals surface area (Å²) in [5.74, 6) is 5.10. The Morgan fingerprint density at radius 1 is 0.871 bits per heavy atom. The smallest absolute Gasteiger partial charge is 0.166 e. The lowest BCUT2D eigenvalue weighted by atomic mass is 10.0. The highest BCUT2D eigenvalue weighted by atomic mass is 19.2. The number of halogens is 2. The molecule has 1 fully saturated rings. The molecule has 31 heavy (non-hydrogen) atoms. The molecule has 0 aromatic heterocycles. The van der Waals surface area contributed by atoms with Crippen LogP contribution in [-0.2, 0) is 15.9 Å². The van der Waals surface area contributed by atoms with Crippen molar-refractivity contribution in [1.82, 2.24) is 0 Å². The Hall–Kier alpha value is -2.74. The Bertz CT molecular complexity index is 1090. The van der Waals surface area contributed by atoms with Crippen molar-refractivity contribution >= 4 is 10.8 Å². The summed E-state index contributed by atoms with van der Waals surface area (Å²) in [5.41, 5.74) is 2.88. The van der Waals surface area contributed by atoms with E-state index in [4.69, 9.17) is 9.47 Å². The fraction of sp³-hybridized carbons (Fsp3) is 0.333. The van der Waals surface area contributed by atoms with Crippen LogP contribution < -0.4 is 0 Å². The van der Waals surface area contributed by atoms with E-state index in [1.54, 1.807) is 24.3 Å². The quantitative estimate of drug-likeness (QED) is 0.455. The predicted molar refractivity (Wildman–Crippen MR) is 119 cm³/mol. The van der Waals surface area contributed by atoms with Crippen molar-refractivity contribution in [3.05, 3.63) is 82.9 Å². The summed E-state index contributed by atoms with van der Waals surface area (Å²) >= 11 is 0. The Morgan fingerprint density at radius 2 is 1.58 bits per heavy atom. The van der Waals surface area contributed by atoms with Crippen molar-refractivity contribution in [2.75, 3.05) is 13.2 Å². The lowest BCUT2D eigenvalue weighted by Gasteiger charge is -2.29. The van der Waals surface area contributed by atoms with Crippen molar-refractivity contribution in [3.8, 4) is 11.8 Å². The van der Waals surface area contributed by atoms with Crippen LogP contribution in [0, 0.1) is 29.4 Å². The third-order valence-electron chi connectivity index (χ3n) is 5.61. The summed E-state index contributed by atoms with van der Waals surface area (Å²) in [6.45, 7) is 3.78. The van der Waals surface area contributed by atoms with Crippen LogP contribution in [0.3, 0.4) is 0 Å². The van der Waals surface area contributed by atoms with Gasteiger partial charge in [0, 0.05) is 28.9 Å². The fourth-order valence-electron chi connectivity index (χ4n) is 3.85. The summed E-state index contributed by atoms with van der Waals surface area (Å²) in [7, 11) is 0. The minimum atomic E-state index is -0.839. The number of hydrogen-bond donors (Lipinski definition) is 0. The van der Waals surface area contributed by atoms with E-state index in [0.717, 1.165) is 56.1 Å². The second-order valence-electron chi connectivity index (χ2n) is 8.03. The van der Waals surface area contributed by atoms with E-state index in [1.165, 1.54) is 5.56 Å². The Kier molecular flexibility index (Phi) is 6.96. The molecule has 1 heterocycles. The molecule has 0 amide bonds. The number of aryl methyl sites for hydroxylation is 1. The molecule has 4 heteroatoms. The van der Waals surface area contributed by atoms with Gasteiger partial charge in [0.05, 0.1) is 13.2 Å². The highest BCUT2D eigenvalue weighted by Gasteiger charge is 2.21. The zero-order valence-corrected chi connectivity index (χ0v) is 17.7. The summed E-state index contributed by atoms with van der Waals surface area (Å²) in [5, 5.41) is 0.899. The van der Waals surface area contributed by atoms with Crippen LogP contribution in [-0.4, -0.2) is 19.5 Å². The van der Waals surface area contributed by atoms with Crippen LogP contribution >= 0.6 is 0 Å². The molecule has 1 saturated heterocycles. The zero-order valence-electron chi connectivity index (χ0n) is 17.7. The first-order valence-corrected chi connectivity index (χ1v) is 10.8. The van der Waals surface area contributed by atoms with Crippen LogP contribution in [0.25, 0.3) is 10.8 Å². The molecule has 0 unspecified atom stereocenters. The Balaban J connectivity index is 1.34. The van der Waals surface area contributed by atoms with Crippen molar-refractivity contribution in [2.24, 2.45) is 5.92 Å². The summed E-state index contributed by atoms with van der Waals surface area (Å²) in [6.07, 6.45) is 3.95. The third-order valence-corrected chi connectivity index (χ3v) is 5.61. The average molecular weight is 420 g/mol. The fourth-order valence-corrected chi connectivity index (χ4v) is 3.85. The van der Waals surface area contributed by atoms with Crippen LogP contribution in [0.5, 0.6) is 0 Å². The van der Waals surface area contributed by atoms with Crippen molar-refractivity contribution < 1.29 is 18.3 Å². The number of fused-ring (bicyclic) bond motifs is 1. The topological polar surface area (TPSA) is 18.5 Å². The Morgan fingerprint density at radius 3 is 2.32 bits per heavy atom.